The average Bonchev–Trinajstić information content (AvgIpc) is 2.76. The third kappa shape index (κ3) is 3.26. The van der Waals surface area contributed by atoms with Gasteiger partial charge in [0.25, 0.3) is 0 Å². The molecule has 3 atom stereocenters. The van der Waals surface area contributed by atoms with E-state index in [0.29, 0.717) is 5.92 Å². The van der Waals surface area contributed by atoms with Crippen LogP contribution in [0.1, 0.15) is 87.5 Å². The maximum absolute atomic E-state index is 11.3. The lowest BCUT2D eigenvalue weighted by Gasteiger charge is -2.42. The second kappa shape index (κ2) is 6.01. The summed E-state index contributed by atoms with van der Waals surface area (Å²) in [7, 11) is 0. The van der Waals surface area contributed by atoms with Crippen molar-refractivity contribution in [2.75, 3.05) is 0 Å². The van der Waals surface area contributed by atoms with Crippen LogP contribution < -0.4 is 0 Å². The maximum Gasteiger partial charge on any atom is 0.158 e. The van der Waals surface area contributed by atoms with Crippen molar-refractivity contribution in [3.05, 3.63) is 0 Å². The molecule has 24 heavy (non-hydrogen) atoms. The van der Waals surface area contributed by atoms with Crippen molar-refractivity contribution in [2.45, 2.75) is 104 Å². The largest absolute Gasteiger partial charge is 0.377 e. The van der Waals surface area contributed by atoms with E-state index in [2.05, 4.69) is 39.5 Å². The summed E-state index contributed by atoms with van der Waals surface area (Å²) in [5, 5.41) is 11.3. The van der Waals surface area contributed by atoms with Crippen LogP contribution in [0.3, 0.4) is 0 Å². The molecular formula is C21H36O3. The van der Waals surface area contributed by atoms with Crippen molar-refractivity contribution >= 4 is 0 Å². The molecule has 0 saturated heterocycles. The Morgan fingerprint density at radius 2 is 1.75 bits per heavy atom. The minimum atomic E-state index is -0.932. The Balaban J connectivity index is 2.11. The highest BCUT2D eigenvalue weighted by molar-refractivity contribution is 5.31. The van der Waals surface area contributed by atoms with Gasteiger partial charge in [-0.25, -0.2) is 9.78 Å². The van der Waals surface area contributed by atoms with Crippen LogP contribution in [-0.2, 0) is 9.78 Å². The quantitative estimate of drug-likeness (QED) is 0.442. The summed E-state index contributed by atoms with van der Waals surface area (Å²) in [6.45, 7) is 16.7. The fourth-order valence-corrected chi connectivity index (χ4v) is 4.60. The summed E-state index contributed by atoms with van der Waals surface area (Å²) in [6.07, 6.45) is 4.96. The van der Waals surface area contributed by atoms with Crippen LogP contribution in [0.4, 0.5) is 0 Å². The van der Waals surface area contributed by atoms with E-state index in [4.69, 9.17) is 9.78 Å². The first kappa shape index (κ1) is 19.8. The first-order valence-electron chi connectivity index (χ1n) is 9.42. The molecule has 2 saturated carbocycles. The number of aliphatic hydroxyl groups is 1. The smallest absolute Gasteiger partial charge is 0.158 e. The molecule has 3 heteroatoms. The molecule has 0 aromatic heterocycles. The summed E-state index contributed by atoms with van der Waals surface area (Å²) < 4.78 is 0. The van der Waals surface area contributed by atoms with Gasteiger partial charge in [0.05, 0.1) is 5.60 Å². The molecule has 2 aliphatic carbocycles. The third-order valence-corrected chi connectivity index (χ3v) is 6.79. The van der Waals surface area contributed by atoms with Gasteiger partial charge in [0, 0.05) is 5.41 Å². The third-order valence-electron chi connectivity index (χ3n) is 6.79. The molecule has 0 heterocycles. The Hall–Kier alpha value is -0.560. The number of rotatable bonds is 5. The van der Waals surface area contributed by atoms with Crippen LogP contribution in [0, 0.1) is 28.6 Å². The Morgan fingerprint density at radius 1 is 1.12 bits per heavy atom. The predicted molar refractivity (Wildman–Crippen MR) is 97.2 cm³/mol. The van der Waals surface area contributed by atoms with Gasteiger partial charge in [0.2, 0.25) is 0 Å². The van der Waals surface area contributed by atoms with E-state index in [1.165, 1.54) is 6.42 Å². The highest BCUT2D eigenvalue weighted by Gasteiger charge is 2.68. The molecule has 2 rings (SSSR count). The lowest BCUT2D eigenvalue weighted by Crippen LogP contribution is -2.46. The predicted octanol–water partition coefficient (Wildman–Crippen LogP) is 4.87. The minimum absolute atomic E-state index is 0.126. The van der Waals surface area contributed by atoms with E-state index < -0.39 is 11.2 Å². The normalized spacial score (nSPS) is 35.0. The molecule has 138 valence electrons. The van der Waals surface area contributed by atoms with Gasteiger partial charge in [0.15, 0.2) is 5.60 Å². The molecule has 0 aromatic rings. The highest BCUT2D eigenvalue weighted by atomic mass is 17.2. The molecule has 0 spiro atoms. The number of fused-ring (bicyclic) bond motifs is 2. The molecule has 2 aliphatic rings. The van der Waals surface area contributed by atoms with Crippen molar-refractivity contribution in [1.29, 1.82) is 0 Å². The molecule has 0 amide bonds. The van der Waals surface area contributed by atoms with Crippen molar-refractivity contribution in [2.24, 2.45) is 16.7 Å². The zero-order valence-corrected chi connectivity index (χ0v) is 16.9. The number of hydrogen-bond acceptors (Lipinski definition) is 3. The molecule has 3 nitrogen and oxygen atoms in total. The van der Waals surface area contributed by atoms with Gasteiger partial charge < -0.3 is 5.11 Å². The number of hydrogen-bond donors (Lipinski definition) is 1. The second-order valence-electron chi connectivity index (χ2n) is 9.79. The summed E-state index contributed by atoms with van der Waals surface area (Å²) in [4.78, 5) is 11.3. The van der Waals surface area contributed by atoms with Crippen LogP contribution in [0.25, 0.3) is 0 Å². The van der Waals surface area contributed by atoms with E-state index in [1.807, 2.05) is 27.7 Å². The van der Waals surface area contributed by atoms with E-state index in [-0.39, 0.29) is 16.4 Å². The SMILES string of the molecule is CCCC(C)(C)OOC(C)(C)C#CC1(O)CC2CCC1(C)C2(C)C. The maximum atomic E-state index is 11.3. The van der Waals surface area contributed by atoms with Crippen LogP contribution in [0.15, 0.2) is 0 Å². The Bertz CT molecular complexity index is 537. The zero-order chi connectivity index (χ0) is 18.4. The Labute approximate surface area is 148 Å². The molecular weight excluding hydrogens is 300 g/mol. The van der Waals surface area contributed by atoms with Gasteiger partial charge in [-0.05, 0) is 64.7 Å². The highest BCUT2D eigenvalue weighted by Crippen LogP contribution is 2.69. The van der Waals surface area contributed by atoms with Crippen LogP contribution in [-0.4, -0.2) is 21.9 Å². The van der Waals surface area contributed by atoms with Gasteiger partial charge in [-0.15, -0.1) is 0 Å². The Morgan fingerprint density at radius 3 is 2.21 bits per heavy atom. The van der Waals surface area contributed by atoms with Crippen molar-refractivity contribution in [1.82, 2.24) is 0 Å². The summed E-state index contributed by atoms with van der Waals surface area (Å²) in [5.41, 5.74) is -2.04. The summed E-state index contributed by atoms with van der Waals surface area (Å²) in [5.74, 6) is 6.90. The van der Waals surface area contributed by atoms with Gasteiger partial charge >= 0.3 is 0 Å². The van der Waals surface area contributed by atoms with E-state index in [1.54, 1.807) is 0 Å². The second-order valence-corrected chi connectivity index (χ2v) is 9.79. The van der Waals surface area contributed by atoms with Crippen molar-refractivity contribution in [3.8, 4) is 11.8 Å². The fraction of sp³-hybridized carbons (Fsp3) is 0.905. The van der Waals surface area contributed by atoms with Gasteiger partial charge in [0.1, 0.15) is 5.60 Å². The summed E-state index contributed by atoms with van der Waals surface area (Å²) in [6, 6.07) is 0. The van der Waals surface area contributed by atoms with Crippen LogP contribution >= 0.6 is 0 Å². The molecule has 1 N–H and O–H groups in total. The summed E-state index contributed by atoms with van der Waals surface area (Å²) >= 11 is 0. The van der Waals surface area contributed by atoms with E-state index >= 15 is 0 Å². The average molecular weight is 337 g/mol. The first-order valence-corrected chi connectivity index (χ1v) is 9.42. The zero-order valence-electron chi connectivity index (χ0n) is 16.9. The lowest BCUT2D eigenvalue weighted by molar-refractivity contribution is -0.389. The lowest BCUT2D eigenvalue weighted by atomic mass is 9.64. The molecule has 2 fully saturated rings. The Kier molecular flexibility index (Phi) is 4.95. The van der Waals surface area contributed by atoms with Crippen LogP contribution in [0.2, 0.25) is 0 Å². The molecule has 0 radical (unpaired) electrons. The van der Waals surface area contributed by atoms with Crippen molar-refractivity contribution in [3.63, 3.8) is 0 Å². The van der Waals surface area contributed by atoms with Crippen LogP contribution in [0.5, 0.6) is 0 Å². The monoisotopic (exact) mass is 336 g/mol. The van der Waals surface area contributed by atoms with Crippen molar-refractivity contribution < 1.29 is 14.9 Å². The molecule has 0 aliphatic heterocycles. The van der Waals surface area contributed by atoms with E-state index in [9.17, 15) is 5.11 Å². The molecule has 2 bridgehead atoms. The van der Waals surface area contributed by atoms with Gasteiger partial charge in [-0.3, -0.25) is 0 Å². The standard InChI is InChI=1S/C21H36O3/c1-9-11-17(2,3)23-24-18(4,5)13-14-21(22)15-16-10-12-20(21,8)19(16,6)7/h16,22H,9-12,15H2,1-8H3. The fourth-order valence-electron chi connectivity index (χ4n) is 4.60. The topological polar surface area (TPSA) is 38.7 Å². The molecule has 0 aromatic carbocycles. The first-order chi connectivity index (χ1) is 10.8. The van der Waals surface area contributed by atoms with E-state index in [0.717, 1.165) is 25.7 Å². The molecule has 3 unspecified atom stereocenters. The minimum Gasteiger partial charge on any atom is -0.377 e. The van der Waals surface area contributed by atoms with Gasteiger partial charge in [-0.2, -0.15) is 0 Å². The van der Waals surface area contributed by atoms with Gasteiger partial charge in [-0.1, -0.05) is 46.0 Å².